The number of ether oxygens (including phenoxy) is 2. The van der Waals surface area contributed by atoms with Gasteiger partial charge < -0.3 is 19.4 Å². The lowest BCUT2D eigenvalue weighted by Gasteiger charge is -2.14. The monoisotopic (exact) mass is 715 g/mol. The first-order chi connectivity index (χ1) is 23.8. The summed E-state index contributed by atoms with van der Waals surface area (Å²) in [7, 11) is 7.20. The third-order valence-electron chi connectivity index (χ3n) is 9.08. The van der Waals surface area contributed by atoms with E-state index in [0.717, 1.165) is 83.3 Å². The second-order valence-electron chi connectivity index (χ2n) is 11.9. The summed E-state index contributed by atoms with van der Waals surface area (Å²) >= 11 is 10.6. The molecule has 0 radical (unpaired) electrons. The molecule has 1 aliphatic heterocycles. The molecule has 2 aromatic heterocycles. The van der Waals surface area contributed by atoms with Crippen molar-refractivity contribution in [1.29, 1.82) is 0 Å². The van der Waals surface area contributed by atoms with E-state index in [1.54, 1.807) is 23.5 Å². The third kappa shape index (κ3) is 6.96. The molecular formula is C38H42ClN5O3S2. The molecule has 0 aliphatic carbocycles. The number of thioether (sulfide) groups is 2. The Morgan fingerprint density at radius 3 is 2.71 bits per heavy atom. The number of carbonyl (C=O) groups excluding carboxylic acids is 1. The van der Waals surface area contributed by atoms with Gasteiger partial charge in [-0.1, -0.05) is 42.8 Å². The molecule has 0 saturated carbocycles. The zero-order valence-electron chi connectivity index (χ0n) is 28.9. The Hall–Kier alpha value is -3.86. The number of rotatable bonds is 3. The zero-order valence-corrected chi connectivity index (χ0v) is 31.2. The van der Waals surface area contributed by atoms with Gasteiger partial charge in [0, 0.05) is 99.4 Å². The molecule has 6 bridgehead atoms. The molecule has 0 amide bonds. The van der Waals surface area contributed by atoms with Crippen LogP contribution in [0.3, 0.4) is 0 Å². The Morgan fingerprint density at radius 1 is 1.14 bits per heavy atom. The Kier molecular flexibility index (Phi) is 11.0. The predicted octanol–water partition coefficient (Wildman–Crippen LogP) is 8.49. The summed E-state index contributed by atoms with van der Waals surface area (Å²) in [6.07, 6.45) is 3.46. The topological polar surface area (TPSA) is 82.7 Å². The lowest BCUT2D eigenvalue weighted by Crippen LogP contribution is -2.14. The smallest absolute Gasteiger partial charge is 0.354 e. The van der Waals surface area contributed by atoms with Gasteiger partial charge in [-0.2, -0.15) is 5.10 Å². The number of allylic oxidation sites excluding steroid dienone is 1. The van der Waals surface area contributed by atoms with E-state index < -0.39 is 0 Å². The molecule has 0 fully saturated rings. The largest absolute Gasteiger partial charge is 0.493 e. The van der Waals surface area contributed by atoms with Gasteiger partial charge in [0.1, 0.15) is 11.4 Å². The molecule has 0 saturated heterocycles. The molecule has 0 spiro atoms. The molecule has 5 aromatic rings. The van der Waals surface area contributed by atoms with Gasteiger partial charge in [-0.05, 0) is 61.1 Å². The fourth-order valence-corrected chi connectivity index (χ4v) is 8.70. The average molecular weight is 716 g/mol. The van der Waals surface area contributed by atoms with Crippen LogP contribution >= 0.6 is 35.1 Å². The number of nitrogens with one attached hydrogen (secondary N) is 1. The standard InChI is InChI=1S/C38H42ClN5O3S2/c1-7-28-35-32-14-13-30(39)36(35)34-23(2)43(5)42-31(34)22-48-20-25(40-3)18-26(41-4)21-49-27-17-24-11-8-9-12-29(24)33(19-27)47-16-10-15-44(32)37(28)38(45)46-6/h8-9,11-14,17-19,41H,7,10,15-16,20-22H2,1-6H3/b26-18-,40-25?. The van der Waals surface area contributed by atoms with Crippen LogP contribution in [0.2, 0.25) is 5.02 Å². The minimum absolute atomic E-state index is 0.361. The normalized spacial score (nSPS) is 16.6. The van der Waals surface area contributed by atoms with E-state index in [9.17, 15) is 4.79 Å². The van der Waals surface area contributed by atoms with Crippen LogP contribution in [-0.2, 0) is 30.5 Å². The van der Waals surface area contributed by atoms with Gasteiger partial charge in [-0.25, -0.2) is 4.79 Å². The molecule has 3 heterocycles. The molecule has 256 valence electrons. The molecule has 11 heteroatoms. The lowest BCUT2D eigenvalue weighted by atomic mass is 9.96. The summed E-state index contributed by atoms with van der Waals surface area (Å²) in [6, 6.07) is 16.6. The Bertz CT molecular complexity index is 2100. The number of methoxy groups -OCH3 is 1. The van der Waals surface area contributed by atoms with Gasteiger partial charge in [0.15, 0.2) is 0 Å². The van der Waals surface area contributed by atoms with Crippen molar-refractivity contribution in [2.24, 2.45) is 12.0 Å². The summed E-state index contributed by atoms with van der Waals surface area (Å²) in [6.45, 7) is 5.19. The Morgan fingerprint density at radius 2 is 1.96 bits per heavy atom. The van der Waals surface area contributed by atoms with E-state index in [4.69, 9.17) is 26.2 Å². The molecular weight excluding hydrogens is 674 g/mol. The van der Waals surface area contributed by atoms with Crippen LogP contribution in [0, 0.1) is 6.92 Å². The number of hydrogen-bond acceptors (Lipinski definition) is 8. The molecule has 1 aliphatic rings. The zero-order chi connectivity index (χ0) is 34.7. The van der Waals surface area contributed by atoms with E-state index in [-0.39, 0.29) is 5.97 Å². The predicted molar refractivity (Wildman–Crippen MR) is 206 cm³/mol. The summed E-state index contributed by atoms with van der Waals surface area (Å²) in [5, 5.41) is 12.1. The van der Waals surface area contributed by atoms with E-state index in [0.29, 0.717) is 42.5 Å². The average Bonchev–Trinajstić information content (AvgIpc) is 3.58. The number of aromatic nitrogens is 3. The van der Waals surface area contributed by atoms with Crippen molar-refractivity contribution in [2.75, 3.05) is 39.3 Å². The molecule has 0 unspecified atom stereocenters. The van der Waals surface area contributed by atoms with E-state index in [2.05, 4.69) is 65.1 Å². The molecule has 3 aromatic carbocycles. The highest BCUT2D eigenvalue weighted by atomic mass is 35.5. The van der Waals surface area contributed by atoms with Crippen LogP contribution in [-0.4, -0.2) is 65.3 Å². The van der Waals surface area contributed by atoms with Gasteiger partial charge >= 0.3 is 5.97 Å². The molecule has 6 rings (SSSR count). The maximum Gasteiger partial charge on any atom is 0.354 e. The molecule has 0 atom stereocenters. The number of aliphatic imine (C=N–C) groups is 1. The molecule has 8 nitrogen and oxygen atoms in total. The first-order valence-corrected chi connectivity index (χ1v) is 19.0. The number of esters is 1. The highest BCUT2D eigenvalue weighted by Gasteiger charge is 2.28. The SMILES string of the molecule is CCc1c(C(=O)OC)n2c3ccc(Cl)c(c13)-c1c(nn(C)c1C)CSCC(=NC)/C=C(\NC)CSc1cc(c3ccccc3c1)OCCC2. The van der Waals surface area contributed by atoms with Crippen molar-refractivity contribution < 1.29 is 14.3 Å². The van der Waals surface area contributed by atoms with Gasteiger partial charge in [0.2, 0.25) is 0 Å². The number of hydrogen-bond donors (Lipinski definition) is 1. The van der Waals surface area contributed by atoms with Crippen LogP contribution in [0.5, 0.6) is 5.75 Å². The summed E-state index contributed by atoms with van der Waals surface area (Å²) in [5.41, 5.74) is 8.38. The highest BCUT2D eigenvalue weighted by Crippen LogP contribution is 2.43. The van der Waals surface area contributed by atoms with Gasteiger partial charge in [0.05, 0.1) is 19.4 Å². The van der Waals surface area contributed by atoms with Crippen LogP contribution < -0.4 is 10.1 Å². The first kappa shape index (κ1) is 35.0. The summed E-state index contributed by atoms with van der Waals surface area (Å²) in [5.74, 6) is 2.64. The van der Waals surface area contributed by atoms with Crippen LogP contribution in [0.4, 0.5) is 0 Å². The quantitative estimate of drug-likeness (QED) is 0.188. The van der Waals surface area contributed by atoms with Gasteiger partial charge in [-0.15, -0.1) is 23.5 Å². The Balaban J connectivity index is 1.51. The number of halogens is 1. The van der Waals surface area contributed by atoms with Crippen LogP contribution in [0.15, 0.2) is 70.2 Å². The Labute approximate surface area is 301 Å². The second-order valence-corrected chi connectivity index (χ2v) is 14.4. The third-order valence-corrected chi connectivity index (χ3v) is 11.4. The highest BCUT2D eigenvalue weighted by molar-refractivity contribution is 7.99. The van der Waals surface area contributed by atoms with Gasteiger partial charge in [-0.3, -0.25) is 9.67 Å². The fourth-order valence-electron chi connectivity index (χ4n) is 6.58. The number of benzene rings is 3. The minimum Gasteiger partial charge on any atom is -0.493 e. The van der Waals surface area contributed by atoms with E-state index in [1.807, 2.05) is 44.0 Å². The minimum atomic E-state index is -0.361. The van der Waals surface area contributed by atoms with Crippen molar-refractivity contribution in [1.82, 2.24) is 19.7 Å². The number of nitrogens with zero attached hydrogens (tertiary/aromatic N) is 4. The summed E-state index contributed by atoms with van der Waals surface area (Å²) < 4.78 is 15.9. The van der Waals surface area contributed by atoms with Crippen molar-refractivity contribution in [3.8, 4) is 16.9 Å². The van der Waals surface area contributed by atoms with Crippen molar-refractivity contribution in [3.63, 3.8) is 0 Å². The van der Waals surface area contributed by atoms with Crippen molar-refractivity contribution >= 4 is 68.5 Å². The first-order valence-electron chi connectivity index (χ1n) is 16.4. The number of carbonyl (C=O) groups is 1. The van der Waals surface area contributed by atoms with Crippen LogP contribution in [0.25, 0.3) is 32.8 Å². The van der Waals surface area contributed by atoms with E-state index >= 15 is 0 Å². The number of fused-ring (bicyclic) bond motifs is 6. The van der Waals surface area contributed by atoms with Crippen LogP contribution in [0.1, 0.15) is 40.8 Å². The molecule has 1 N–H and O–H groups in total. The maximum absolute atomic E-state index is 13.5. The number of aryl methyl sites for hydroxylation is 3. The fraction of sp³-hybridized carbons (Fsp3) is 0.342. The summed E-state index contributed by atoms with van der Waals surface area (Å²) in [4.78, 5) is 19.2. The maximum atomic E-state index is 13.5. The van der Waals surface area contributed by atoms with Crippen molar-refractivity contribution in [2.45, 2.75) is 43.9 Å². The molecule has 49 heavy (non-hydrogen) atoms. The van der Waals surface area contributed by atoms with E-state index in [1.165, 1.54) is 7.11 Å². The second kappa shape index (κ2) is 15.4. The lowest BCUT2D eigenvalue weighted by molar-refractivity contribution is 0.0587. The van der Waals surface area contributed by atoms with Crippen molar-refractivity contribution in [3.05, 3.63) is 88.0 Å². The van der Waals surface area contributed by atoms with Gasteiger partial charge in [0.25, 0.3) is 0 Å².